The van der Waals surface area contributed by atoms with E-state index in [0.717, 1.165) is 22.2 Å². The third kappa shape index (κ3) is 3.58. The molecule has 1 heterocycles. The van der Waals surface area contributed by atoms with E-state index in [1.54, 1.807) is 24.3 Å². The van der Waals surface area contributed by atoms with E-state index in [2.05, 4.69) is 5.32 Å². The van der Waals surface area contributed by atoms with Crippen LogP contribution < -0.4 is 10.1 Å². The minimum Gasteiger partial charge on any atom is -0.494 e. The molecule has 1 N–H and O–H groups in total. The first kappa shape index (κ1) is 18.7. The minimum atomic E-state index is -0.168. The van der Waals surface area contributed by atoms with Crippen molar-refractivity contribution >= 4 is 28.3 Å². The summed E-state index contributed by atoms with van der Waals surface area (Å²) in [6.45, 7) is 8.73. The van der Waals surface area contributed by atoms with Crippen molar-refractivity contribution in [3.8, 4) is 5.75 Å². The van der Waals surface area contributed by atoms with E-state index < -0.39 is 0 Å². The van der Waals surface area contributed by atoms with Gasteiger partial charge in [0.1, 0.15) is 11.4 Å². The number of aromatic nitrogens is 1. The third-order valence-corrected chi connectivity index (χ3v) is 4.68. The fourth-order valence-electron chi connectivity index (χ4n) is 3.36. The molecule has 0 aliphatic carbocycles. The van der Waals surface area contributed by atoms with Crippen molar-refractivity contribution in [2.75, 3.05) is 11.9 Å². The third-order valence-electron chi connectivity index (χ3n) is 4.68. The second-order valence-electron chi connectivity index (χ2n) is 6.42. The topological polar surface area (TPSA) is 60.3 Å². The van der Waals surface area contributed by atoms with Crippen LogP contribution in [0.3, 0.4) is 0 Å². The number of fused-ring (bicyclic) bond motifs is 1. The number of rotatable bonds is 6. The van der Waals surface area contributed by atoms with Gasteiger partial charge in [0.05, 0.1) is 6.61 Å². The highest BCUT2D eigenvalue weighted by Crippen LogP contribution is 2.30. The lowest BCUT2D eigenvalue weighted by molar-refractivity contribution is 0.101. The predicted octanol–water partition coefficient (Wildman–Crippen LogP) is 4.82. The maximum atomic E-state index is 13.0. The van der Waals surface area contributed by atoms with E-state index in [0.29, 0.717) is 30.1 Å². The molecular weight excluding hydrogens is 340 g/mol. The Kier molecular flexibility index (Phi) is 5.31. The maximum Gasteiger partial charge on any atom is 0.272 e. The Hall–Kier alpha value is -3.08. The van der Waals surface area contributed by atoms with Crippen LogP contribution in [0.4, 0.5) is 5.69 Å². The highest BCUT2D eigenvalue weighted by atomic mass is 16.5. The summed E-state index contributed by atoms with van der Waals surface area (Å²) in [4.78, 5) is 24.4. The molecule has 2 aromatic carbocycles. The smallest absolute Gasteiger partial charge is 0.272 e. The van der Waals surface area contributed by atoms with Gasteiger partial charge in [0.25, 0.3) is 5.91 Å². The number of aryl methyl sites for hydroxylation is 2. The molecule has 0 bridgehead atoms. The molecule has 3 aromatic rings. The number of ketones is 1. The van der Waals surface area contributed by atoms with E-state index in [9.17, 15) is 9.59 Å². The van der Waals surface area contributed by atoms with Gasteiger partial charge in [0, 0.05) is 28.7 Å². The minimum absolute atomic E-state index is 0.0000627. The highest BCUT2D eigenvalue weighted by molar-refractivity contribution is 6.08. The number of anilines is 1. The van der Waals surface area contributed by atoms with Crippen molar-refractivity contribution < 1.29 is 14.3 Å². The molecule has 0 aliphatic rings. The van der Waals surface area contributed by atoms with Crippen molar-refractivity contribution in [3.05, 3.63) is 59.3 Å². The Bertz CT molecular complexity index is 1000. The van der Waals surface area contributed by atoms with Gasteiger partial charge in [0.2, 0.25) is 0 Å². The van der Waals surface area contributed by atoms with Gasteiger partial charge in [0.15, 0.2) is 5.78 Å². The fourth-order valence-corrected chi connectivity index (χ4v) is 3.36. The number of carbonyl (C=O) groups is 2. The number of Topliss-reactive ketones (excluding diaryl/α,β-unsaturated/α-hetero) is 1. The summed E-state index contributed by atoms with van der Waals surface area (Å²) >= 11 is 0. The number of benzene rings is 2. The first-order chi connectivity index (χ1) is 13.0. The van der Waals surface area contributed by atoms with Crippen LogP contribution in [0.25, 0.3) is 10.9 Å². The van der Waals surface area contributed by atoms with Crippen LogP contribution in [0.5, 0.6) is 5.75 Å². The number of amides is 1. The van der Waals surface area contributed by atoms with E-state index in [1.807, 2.05) is 43.5 Å². The molecule has 140 valence electrons. The quantitative estimate of drug-likeness (QED) is 0.638. The first-order valence-corrected chi connectivity index (χ1v) is 9.14. The number of hydrogen-bond donors (Lipinski definition) is 1. The van der Waals surface area contributed by atoms with Crippen molar-refractivity contribution in [2.24, 2.45) is 0 Å². The SMILES string of the molecule is CCOc1ccc2c(c1)c(C)c(C(=O)Nc1ccc(C(C)=O)cc1)n2CC. The molecule has 0 saturated carbocycles. The van der Waals surface area contributed by atoms with Crippen LogP contribution in [0.1, 0.15) is 47.2 Å². The molecule has 0 spiro atoms. The van der Waals surface area contributed by atoms with Gasteiger partial charge in [-0.3, -0.25) is 9.59 Å². The Balaban J connectivity index is 1.98. The zero-order chi connectivity index (χ0) is 19.6. The predicted molar refractivity (Wildman–Crippen MR) is 108 cm³/mol. The molecule has 27 heavy (non-hydrogen) atoms. The number of nitrogens with zero attached hydrogens (tertiary/aromatic N) is 1. The Morgan fingerprint density at radius 2 is 1.78 bits per heavy atom. The van der Waals surface area contributed by atoms with Crippen LogP contribution in [0, 0.1) is 6.92 Å². The second-order valence-corrected chi connectivity index (χ2v) is 6.42. The molecular formula is C22H24N2O3. The van der Waals surface area contributed by atoms with Crippen molar-refractivity contribution in [1.82, 2.24) is 4.57 Å². The van der Waals surface area contributed by atoms with E-state index in [1.165, 1.54) is 6.92 Å². The van der Waals surface area contributed by atoms with Crippen LogP contribution >= 0.6 is 0 Å². The molecule has 1 amide bonds. The molecule has 1 aromatic heterocycles. The molecule has 0 saturated heterocycles. The van der Waals surface area contributed by atoms with Gasteiger partial charge < -0.3 is 14.6 Å². The van der Waals surface area contributed by atoms with Crippen molar-refractivity contribution in [3.63, 3.8) is 0 Å². The first-order valence-electron chi connectivity index (χ1n) is 9.14. The molecule has 0 aliphatic heterocycles. The molecule has 5 nitrogen and oxygen atoms in total. The van der Waals surface area contributed by atoms with Gasteiger partial charge in [-0.1, -0.05) is 0 Å². The summed E-state index contributed by atoms with van der Waals surface area (Å²) in [5.41, 5.74) is 3.85. The average molecular weight is 364 g/mol. The standard InChI is InChI=1S/C22H24N2O3/c1-5-24-20-12-11-18(27-6-2)13-19(20)14(3)21(24)22(26)23-17-9-7-16(8-10-17)15(4)25/h7-13H,5-6H2,1-4H3,(H,23,26). The number of carbonyl (C=O) groups excluding carboxylic acids is 2. The van der Waals surface area contributed by atoms with Gasteiger partial charge in [-0.15, -0.1) is 0 Å². The van der Waals surface area contributed by atoms with Gasteiger partial charge in [-0.25, -0.2) is 0 Å². The molecule has 3 rings (SSSR count). The van der Waals surface area contributed by atoms with E-state index in [4.69, 9.17) is 4.74 Å². The Morgan fingerprint density at radius 3 is 2.37 bits per heavy atom. The van der Waals surface area contributed by atoms with Crippen molar-refractivity contribution in [1.29, 1.82) is 0 Å². The van der Waals surface area contributed by atoms with Gasteiger partial charge >= 0.3 is 0 Å². The average Bonchev–Trinajstić information content (AvgIpc) is 2.94. The summed E-state index contributed by atoms with van der Waals surface area (Å²) < 4.78 is 7.61. The lowest BCUT2D eigenvalue weighted by Gasteiger charge is -2.10. The molecule has 0 radical (unpaired) electrons. The number of ether oxygens (including phenoxy) is 1. The molecule has 5 heteroatoms. The van der Waals surface area contributed by atoms with Gasteiger partial charge in [-0.05, 0) is 75.7 Å². The summed E-state index contributed by atoms with van der Waals surface area (Å²) in [6.07, 6.45) is 0. The molecule has 0 fully saturated rings. The Morgan fingerprint density at radius 1 is 1.07 bits per heavy atom. The van der Waals surface area contributed by atoms with Crippen molar-refractivity contribution in [2.45, 2.75) is 34.2 Å². The number of nitrogens with one attached hydrogen (secondary N) is 1. The Labute approximate surface area is 158 Å². The summed E-state index contributed by atoms with van der Waals surface area (Å²) in [6, 6.07) is 12.8. The zero-order valence-electron chi connectivity index (χ0n) is 16.1. The second kappa shape index (κ2) is 7.66. The number of hydrogen-bond acceptors (Lipinski definition) is 3. The molecule has 0 unspecified atom stereocenters. The summed E-state index contributed by atoms with van der Waals surface area (Å²) in [7, 11) is 0. The normalized spacial score (nSPS) is 10.8. The molecule has 0 atom stereocenters. The monoisotopic (exact) mass is 364 g/mol. The zero-order valence-corrected chi connectivity index (χ0v) is 16.1. The highest BCUT2D eigenvalue weighted by Gasteiger charge is 2.20. The summed E-state index contributed by atoms with van der Waals surface area (Å²) in [5, 5.41) is 3.95. The maximum absolute atomic E-state index is 13.0. The fraction of sp³-hybridized carbons (Fsp3) is 0.273. The lowest BCUT2D eigenvalue weighted by atomic mass is 10.1. The van der Waals surface area contributed by atoms with Crippen LogP contribution in [0.2, 0.25) is 0 Å². The van der Waals surface area contributed by atoms with Crippen LogP contribution in [-0.2, 0) is 6.54 Å². The van der Waals surface area contributed by atoms with Crippen LogP contribution in [0.15, 0.2) is 42.5 Å². The van der Waals surface area contributed by atoms with Crippen LogP contribution in [-0.4, -0.2) is 22.9 Å². The largest absolute Gasteiger partial charge is 0.494 e. The summed E-state index contributed by atoms with van der Waals surface area (Å²) in [5.74, 6) is 0.632. The van der Waals surface area contributed by atoms with E-state index >= 15 is 0 Å². The van der Waals surface area contributed by atoms with E-state index in [-0.39, 0.29) is 11.7 Å². The van der Waals surface area contributed by atoms with Gasteiger partial charge in [-0.2, -0.15) is 0 Å². The lowest BCUT2D eigenvalue weighted by Crippen LogP contribution is -2.17.